The molecule has 2 aromatic rings. The first-order valence-corrected chi connectivity index (χ1v) is 8.79. The van der Waals surface area contributed by atoms with Crippen LogP contribution in [0.1, 0.15) is 42.3 Å². The summed E-state index contributed by atoms with van der Waals surface area (Å²) in [7, 11) is 0. The summed E-state index contributed by atoms with van der Waals surface area (Å²) in [6.07, 6.45) is -0.0144. The number of hydrazine groups is 1. The van der Waals surface area contributed by atoms with Crippen LogP contribution in [0.15, 0.2) is 48.5 Å². The predicted octanol–water partition coefficient (Wildman–Crippen LogP) is 1.33. The molecule has 152 valence electrons. The third-order valence-electron chi connectivity index (χ3n) is 4.89. The molecule has 3 rings (SSSR count). The molecule has 1 atom stereocenters. The lowest BCUT2D eigenvalue weighted by atomic mass is 9.83. The van der Waals surface area contributed by atoms with Crippen molar-refractivity contribution in [2.75, 3.05) is 0 Å². The Morgan fingerprint density at radius 3 is 2.45 bits per heavy atom. The van der Waals surface area contributed by atoms with Crippen LogP contribution in [0, 0.1) is 11.3 Å². The highest BCUT2D eigenvalue weighted by atomic mass is 16.5. The number of carbonyl (C=O) groups is 2. The van der Waals surface area contributed by atoms with Crippen LogP contribution in [0.3, 0.4) is 0 Å². The van der Waals surface area contributed by atoms with Gasteiger partial charge < -0.3 is 15.3 Å². The molecule has 1 heterocycles. The van der Waals surface area contributed by atoms with Crippen molar-refractivity contribution in [3.8, 4) is 11.8 Å². The molecule has 0 fully saturated rings. The Labute approximate surface area is 168 Å². The summed E-state index contributed by atoms with van der Waals surface area (Å²) in [5.41, 5.74) is 0.731. The van der Waals surface area contributed by atoms with Crippen molar-refractivity contribution >= 4 is 11.8 Å². The Kier molecular flexibility index (Phi) is 5.97. The lowest BCUT2D eigenvalue weighted by Crippen LogP contribution is -2.72. The summed E-state index contributed by atoms with van der Waals surface area (Å²) in [5, 5.41) is 21.6. The number of nitriles is 1. The summed E-state index contributed by atoms with van der Waals surface area (Å²) in [6, 6.07) is 15.3. The van der Waals surface area contributed by atoms with Crippen molar-refractivity contribution < 1.29 is 24.9 Å². The molecular weight excluding hydrogens is 374 g/mol. The summed E-state index contributed by atoms with van der Waals surface area (Å²) in [4.78, 5) is 25.0. The first-order chi connectivity index (χ1) is 13.2. The fourth-order valence-corrected chi connectivity index (χ4v) is 3.26. The Hall–Kier alpha value is -3.41. The van der Waals surface area contributed by atoms with Gasteiger partial charge in [-0.2, -0.15) is 5.26 Å². The fraction of sp³-hybridized carbons (Fsp3) is 0.286. The number of benzene rings is 2. The summed E-state index contributed by atoms with van der Waals surface area (Å²) >= 11 is 0. The second-order valence-electron chi connectivity index (χ2n) is 7.20. The van der Waals surface area contributed by atoms with Gasteiger partial charge in [-0.15, -0.1) is 0 Å². The van der Waals surface area contributed by atoms with Crippen LogP contribution in [0.4, 0.5) is 0 Å². The first-order valence-electron chi connectivity index (χ1n) is 8.79. The molecule has 0 radical (unpaired) electrons. The second kappa shape index (κ2) is 7.91. The first kappa shape index (κ1) is 21.9. The van der Waals surface area contributed by atoms with Gasteiger partial charge >= 0.3 is 0 Å². The third kappa shape index (κ3) is 3.92. The van der Waals surface area contributed by atoms with Crippen molar-refractivity contribution in [1.82, 2.24) is 10.4 Å². The number of amides is 2. The molecule has 0 saturated heterocycles. The van der Waals surface area contributed by atoms with E-state index in [1.807, 2.05) is 6.07 Å². The number of rotatable bonds is 2. The summed E-state index contributed by atoms with van der Waals surface area (Å²) < 4.78 is 5.95. The van der Waals surface area contributed by atoms with E-state index >= 15 is 0 Å². The number of ether oxygens (including phenoxy) is 1. The van der Waals surface area contributed by atoms with E-state index in [-0.39, 0.29) is 11.9 Å². The maximum atomic E-state index is 12.6. The fourth-order valence-electron chi connectivity index (χ4n) is 3.26. The normalized spacial score (nSPS) is 18.9. The number of carbonyl (C=O) groups excluding carboxylic acids is 2. The van der Waals surface area contributed by atoms with E-state index in [0.29, 0.717) is 22.4 Å². The van der Waals surface area contributed by atoms with E-state index in [1.165, 1.54) is 6.92 Å². The van der Waals surface area contributed by atoms with Crippen molar-refractivity contribution in [2.24, 2.45) is 0 Å². The highest BCUT2D eigenvalue weighted by Crippen LogP contribution is 2.41. The quantitative estimate of drug-likeness (QED) is 0.582. The lowest BCUT2D eigenvalue weighted by Gasteiger charge is -2.51. The number of nitrogens with zero attached hydrogens (tertiary/aromatic N) is 2. The largest absolute Gasteiger partial charge is 0.482 e. The molecule has 2 aromatic carbocycles. The van der Waals surface area contributed by atoms with Gasteiger partial charge in [0.05, 0.1) is 11.6 Å². The maximum Gasteiger partial charge on any atom is 0.269 e. The standard InChI is InChI=1S/C21H21N3O4.H2O/c1-14(25)24(23-19(26)16-7-5-4-6-8-16)21(27)12-17-11-15(13-22)9-10-18(17)28-20(21,2)3;/h4-11,27H,12H2,1-3H3,(H,23,26);1H2. The molecule has 1 aliphatic rings. The Bertz CT molecular complexity index is 968. The minimum Gasteiger partial charge on any atom is -0.482 e. The Morgan fingerprint density at radius 1 is 1.21 bits per heavy atom. The zero-order valence-corrected chi connectivity index (χ0v) is 16.4. The second-order valence-corrected chi connectivity index (χ2v) is 7.20. The lowest BCUT2D eigenvalue weighted by molar-refractivity contribution is -0.226. The Balaban J connectivity index is 0.00000300. The van der Waals surface area contributed by atoms with E-state index in [9.17, 15) is 14.7 Å². The molecule has 29 heavy (non-hydrogen) atoms. The van der Waals surface area contributed by atoms with Crippen LogP contribution in [0.25, 0.3) is 0 Å². The van der Waals surface area contributed by atoms with Crippen molar-refractivity contribution in [2.45, 2.75) is 38.5 Å². The zero-order chi connectivity index (χ0) is 20.5. The number of nitrogens with one attached hydrogen (secondary N) is 1. The van der Waals surface area contributed by atoms with Gasteiger partial charge in [-0.25, -0.2) is 5.01 Å². The SMILES string of the molecule is CC(=O)N(NC(=O)c1ccccc1)C1(O)Cc2cc(C#N)ccc2OC1(C)C.O. The van der Waals surface area contributed by atoms with Gasteiger partial charge in [-0.3, -0.25) is 15.0 Å². The average molecular weight is 397 g/mol. The van der Waals surface area contributed by atoms with Crippen molar-refractivity contribution in [3.63, 3.8) is 0 Å². The number of hydrogen-bond acceptors (Lipinski definition) is 5. The maximum absolute atomic E-state index is 12.6. The van der Waals surface area contributed by atoms with Crippen LogP contribution in [0.5, 0.6) is 5.75 Å². The van der Waals surface area contributed by atoms with Gasteiger partial charge in [0, 0.05) is 24.5 Å². The molecule has 1 unspecified atom stereocenters. The molecule has 0 spiro atoms. The summed E-state index contributed by atoms with van der Waals surface area (Å²) in [5.74, 6) is -0.563. The topological polar surface area (TPSA) is 134 Å². The molecule has 0 aliphatic carbocycles. The highest BCUT2D eigenvalue weighted by Gasteiger charge is 2.55. The van der Waals surface area contributed by atoms with Crippen LogP contribution >= 0.6 is 0 Å². The minimum absolute atomic E-state index is 0. The van der Waals surface area contributed by atoms with E-state index in [4.69, 9.17) is 10.00 Å². The summed E-state index contributed by atoms with van der Waals surface area (Å²) in [6.45, 7) is 4.53. The van der Waals surface area contributed by atoms with Gasteiger partial charge in [0.1, 0.15) is 5.75 Å². The predicted molar refractivity (Wildman–Crippen MR) is 105 cm³/mol. The van der Waals surface area contributed by atoms with Gasteiger partial charge in [0.15, 0.2) is 5.60 Å². The molecule has 8 nitrogen and oxygen atoms in total. The van der Waals surface area contributed by atoms with Crippen LogP contribution in [-0.4, -0.2) is 38.7 Å². The van der Waals surface area contributed by atoms with Gasteiger partial charge in [0.2, 0.25) is 11.6 Å². The van der Waals surface area contributed by atoms with E-state index < -0.39 is 23.1 Å². The van der Waals surface area contributed by atoms with Crippen LogP contribution in [0.2, 0.25) is 0 Å². The molecule has 4 N–H and O–H groups in total. The molecule has 8 heteroatoms. The van der Waals surface area contributed by atoms with Crippen molar-refractivity contribution in [1.29, 1.82) is 5.26 Å². The van der Waals surface area contributed by atoms with Crippen LogP contribution in [-0.2, 0) is 11.2 Å². The van der Waals surface area contributed by atoms with Crippen molar-refractivity contribution in [3.05, 3.63) is 65.2 Å². The molecule has 0 saturated carbocycles. The van der Waals surface area contributed by atoms with Gasteiger partial charge in [-0.05, 0) is 44.2 Å². The van der Waals surface area contributed by atoms with E-state index in [1.54, 1.807) is 62.4 Å². The van der Waals surface area contributed by atoms with E-state index in [2.05, 4.69) is 5.43 Å². The van der Waals surface area contributed by atoms with Gasteiger partial charge in [0.25, 0.3) is 5.91 Å². The molecular formula is C21H23N3O5. The third-order valence-corrected chi connectivity index (χ3v) is 4.89. The molecule has 0 aromatic heterocycles. The number of aliphatic hydroxyl groups is 1. The number of hydrogen-bond donors (Lipinski definition) is 2. The van der Waals surface area contributed by atoms with Crippen LogP contribution < -0.4 is 10.2 Å². The van der Waals surface area contributed by atoms with Gasteiger partial charge in [-0.1, -0.05) is 18.2 Å². The molecule has 1 aliphatic heterocycles. The average Bonchev–Trinajstić information content (AvgIpc) is 2.66. The minimum atomic E-state index is -1.87. The molecule has 2 amide bonds. The smallest absolute Gasteiger partial charge is 0.269 e. The number of fused-ring (bicyclic) bond motifs is 1. The Morgan fingerprint density at radius 2 is 1.86 bits per heavy atom. The zero-order valence-electron chi connectivity index (χ0n) is 16.4. The monoisotopic (exact) mass is 397 g/mol. The highest BCUT2D eigenvalue weighted by molar-refractivity contribution is 5.95. The molecule has 0 bridgehead atoms. The van der Waals surface area contributed by atoms with E-state index in [0.717, 1.165) is 5.01 Å².